The van der Waals surface area contributed by atoms with E-state index >= 15 is 0 Å². The number of hydrogen-bond acceptors (Lipinski definition) is 5. The van der Waals surface area contributed by atoms with Gasteiger partial charge in [-0.25, -0.2) is 12.8 Å². The van der Waals surface area contributed by atoms with Gasteiger partial charge in [0.05, 0.1) is 17.1 Å². The van der Waals surface area contributed by atoms with Crippen LogP contribution < -0.4 is 15.6 Å². The van der Waals surface area contributed by atoms with E-state index < -0.39 is 27.3 Å². The molecule has 2 aromatic carbocycles. The number of pyridine rings is 1. The number of aromatic amines is 1. The number of H-pyrrole nitrogens is 1. The van der Waals surface area contributed by atoms with Crippen molar-refractivity contribution in [3.05, 3.63) is 70.3 Å². The maximum Gasteiger partial charge on any atom is 0.261 e. The van der Waals surface area contributed by atoms with E-state index in [2.05, 4.69) is 15.0 Å². The second-order valence-electron chi connectivity index (χ2n) is 6.70. The predicted molar refractivity (Wildman–Crippen MR) is 111 cm³/mol. The van der Waals surface area contributed by atoms with Gasteiger partial charge in [-0.2, -0.15) is 0 Å². The van der Waals surface area contributed by atoms with E-state index in [1.165, 1.54) is 37.4 Å². The first-order valence-electron chi connectivity index (χ1n) is 8.95. The SMILES string of the molecule is COCC(C)NC(=O)c1cc(=O)[nH]c2ccc(S(=O)(=O)Nc3ccc(F)cc3)cc12. The quantitative estimate of drug-likeness (QED) is 0.528. The van der Waals surface area contributed by atoms with E-state index in [1.54, 1.807) is 6.92 Å². The Hall–Kier alpha value is -3.24. The highest BCUT2D eigenvalue weighted by atomic mass is 32.2. The number of sulfonamides is 1. The molecule has 1 aromatic heterocycles. The lowest BCUT2D eigenvalue weighted by Gasteiger charge is -2.14. The number of halogens is 1. The molecule has 0 saturated carbocycles. The molecular weight excluding hydrogens is 413 g/mol. The molecule has 1 amide bonds. The van der Waals surface area contributed by atoms with Crippen LogP contribution in [0.5, 0.6) is 0 Å². The Morgan fingerprint density at radius 1 is 1.17 bits per heavy atom. The molecule has 0 saturated heterocycles. The van der Waals surface area contributed by atoms with Gasteiger partial charge in [0.25, 0.3) is 15.9 Å². The number of benzene rings is 2. The molecule has 10 heteroatoms. The molecule has 3 N–H and O–H groups in total. The summed E-state index contributed by atoms with van der Waals surface area (Å²) in [6, 6.07) is 9.66. The van der Waals surface area contributed by atoms with Gasteiger partial charge in [-0.3, -0.25) is 14.3 Å². The van der Waals surface area contributed by atoms with Gasteiger partial charge in [-0.1, -0.05) is 0 Å². The molecule has 158 valence electrons. The van der Waals surface area contributed by atoms with Crippen molar-refractivity contribution in [1.29, 1.82) is 0 Å². The van der Waals surface area contributed by atoms with Crippen LogP contribution in [0.3, 0.4) is 0 Å². The Morgan fingerprint density at radius 2 is 1.87 bits per heavy atom. The van der Waals surface area contributed by atoms with Crippen molar-refractivity contribution >= 4 is 32.5 Å². The van der Waals surface area contributed by atoms with Crippen molar-refractivity contribution in [3.63, 3.8) is 0 Å². The Bertz CT molecular complexity index is 1240. The maximum absolute atomic E-state index is 13.1. The lowest BCUT2D eigenvalue weighted by Crippen LogP contribution is -2.36. The Morgan fingerprint density at radius 3 is 2.53 bits per heavy atom. The lowest BCUT2D eigenvalue weighted by atomic mass is 10.1. The molecule has 3 aromatic rings. The van der Waals surface area contributed by atoms with E-state index in [4.69, 9.17) is 4.74 Å². The summed E-state index contributed by atoms with van der Waals surface area (Å²) in [6.07, 6.45) is 0. The van der Waals surface area contributed by atoms with Crippen LogP contribution in [0.1, 0.15) is 17.3 Å². The fourth-order valence-electron chi connectivity index (χ4n) is 2.91. The molecular formula is C20H20FN3O5S. The molecule has 1 atom stereocenters. The fourth-order valence-corrected chi connectivity index (χ4v) is 4.00. The van der Waals surface area contributed by atoms with E-state index in [-0.39, 0.29) is 34.2 Å². The van der Waals surface area contributed by atoms with Gasteiger partial charge in [-0.05, 0) is 49.4 Å². The van der Waals surface area contributed by atoms with Crippen molar-refractivity contribution in [2.75, 3.05) is 18.4 Å². The average Bonchev–Trinajstić information content (AvgIpc) is 2.68. The minimum atomic E-state index is -4.02. The monoisotopic (exact) mass is 433 g/mol. The highest BCUT2D eigenvalue weighted by molar-refractivity contribution is 7.92. The highest BCUT2D eigenvalue weighted by Gasteiger charge is 2.19. The zero-order valence-electron chi connectivity index (χ0n) is 16.2. The van der Waals surface area contributed by atoms with Gasteiger partial charge in [0.1, 0.15) is 5.82 Å². The summed E-state index contributed by atoms with van der Waals surface area (Å²) in [5.41, 5.74) is 0.0414. The van der Waals surface area contributed by atoms with Gasteiger partial charge in [0.2, 0.25) is 5.56 Å². The summed E-state index contributed by atoms with van der Waals surface area (Å²) in [5.74, 6) is -1.03. The average molecular weight is 433 g/mol. The molecule has 0 radical (unpaired) electrons. The van der Waals surface area contributed by atoms with Crippen molar-refractivity contribution < 1.29 is 22.3 Å². The molecule has 30 heavy (non-hydrogen) atoms. The molecule has 0 aliphatic rings. The third-order valence-electron chi connectivity index (χ3n) is 4.26. The third kappa shape index (κ3) is 4.84. The fraction of sp³-hybridized carbons (Fsp3) is 0.200. The summed E-state index contributed by atoms with van der Waals surface area (Å²) >= 11 is 0. The van der Waals surface area contributed by atoms with Crippen LogP contribution in [-0.2, 0) is 14.8 Å². The molecule has 1 unspecified atom stereocenters. The van der Waals surface area contributed by atoms with Crippen LogP contribution in [0, 0.1) is 5.82 Å². The topological polar surface area (TPSA) is 117 Å². The molecule has 0 bridgehead atoms. The van der Waals surface area contributed by atoms with E-state index in [1.807, 2.05) is 0 Å². The number of carbonyl (C=O) groups excluding carboxylic acids is 1. The van der Waals surface area contributed by atoms with Crippen molar-refractivity contribution in [1.82, 2.24) is 10.3 Å². The van der Waals surface area contributed by atoms with Gasteiger partial charge in [0, 0.05) is 35.8 Å². The summed E-state index contributed by atoms with van der Waals surface area (Å²) < 4.78 is 45.9. The second-order valence-corrected chi connectivity index (χ2v) is 8.38. The number of ether oxygens (including phenoxy) is 1. The maximum atomic E-state index is 13.1. The largest absolute Gasteiger partial charge is 0.383 e. The number of carbonyl (C=O) groups is 1. The smallest absolute Gasteiger partial charge is 0.261 e. The number of fused-ring (bicyclic) bond motifs is 1. The molecule has 3 rings (SSSR count). The summed E-state index contributed by atoms with van der Waals surface area (Å²) in [7, 11) is -2.52. The number of methoxy groups -OCH3 is 1. The van der Waals surface area contributed by atoms with Crippen molar-refractivity contribution in [2.24, 2.45) is 0 Å². The Balaban J connectivity index is 2.01. The predicted octanol–water partition coefficient (Wildman–Crippen LogP) is 2.23. The van der Waals surface area contributed by atoms with Crippen molar-refractivity contribution in [3.8, 4) is 0 Å². The number of hydrogen-bond donors (Lipinski definition) is 3. The molecule has 0 aliphatic heterocycles. The van der Waals surface area contributed by atoms with E-state index in [0.717, 1.165) is 18.2 Å². The molecule has 0 aliphatic carbocycles. The van der Waals surface area contributed by atoms with Crippen LogP contribution in [0.25, 0.3) is 10.9 Å². The highest BCUT2D eigenvalue weighted by Crippen LogP contribution is 2.22. The van der Waals surface area contributed by atoms with Crippen LogP contribution in [0.2, 0.25) is 0 Å². The minimum Gasteiger partial charge on any atom is -0.383 e. The minimum absolute atomic E-state index is 0.0375. The Labute approximate surface area is 172 Å². The number of aromatic nitrogens is 1. The van der Waals surface area contributed by atoms with Crippen LogP contribution >= 0.6 is 0 Å². The third-order valence-corrected chi connectivity index (χ3v) is 5.64. The van der Waals surface area contributed by atoms with E-state index in [9.17, 15) is 22.4 Å². The van der Waals surface area contributed by atoms with Crippen LogP contribution in [-0.4, -0.2) is 39.1 Å². The summed E-state index contributed by atoms with van der Waals surface area (Å²) in [4.78, 5) is 27.1. The first-order chi connectivity index (χ1) is 14.2. The summed E-state index contributed by atoms with van der Waals surface area (Å²) in [5, 5.41) is 2.97. The number of nitrogens with one attached hydrogen (secondary N) is 3. The van der Waals surface area contributed by atoms with E-state index in [0.29, 0.717) is 5.52 Å². The van der Waals surface area contributed by atoms with Crippen molar-refractivity contribution in [2.45, 2.75) is 17.9 Å². The van der Waals surface area contributed by atoms with Gasteiger partial charge in [-0.15, -0.1) is 0 Å². The molecule has 1 heterocycles. The second kappa shape index (κ2) is 8.64. The van der Waals surface area contributed by atoms with Crippen LogP contribution in [0.4, 0.5) is 10.1 Å². The first kappa shape index (κ1) is 21.5. The first-order valence-corrected chi connectivity index (χ1v) is 10.4. The van der Waals surface area contributed by atoms with Crippen LogP contribution in [0.15, 0.2) is 58.2 Å². The van der Waals surface area contributed by atoms with Gasteiger partial charge >= 0.3 is 0 Å². The number of amides is 1. The number of anilines is 1. The van der Waals surface area contributed by atoms with Gasteiger partial charge in [0.15, 0.2) is 0 Å². The Kier molecular flexibility index (Phi) is 6.18. The lowest BCUT2D eigenvalue weighted by molar-refractivity contribution is 0.0907. The summed E-state index contributed by atoms with van der Waals surface area (Å²) in [6.45, 7) is 2.01. The standard InChI is InChI=1S/C20H20FN3O5S/c1-12(11-29-2)22-20(26)17-10-19(25)23-18-8-7-15(9-16(17)18)30(27,28)24-14-5-3-13(21)4-6-14/h3-10,12,24H,11H2,1-2H3,(H,22,26)(H,23,25). The number of rotatable bonds is 7. The molecule has 0 fully saturated rings. The molecule has 0 spiro atoms. The zero-order valence-corrected chi connectivity index (χ0v) is 17.0. The normalized spacial score (nSPS) is 12.5. The van der Waals surface area contributed by atoms with Gasteiger partial charge < -0.3 is 15.0 Å². The zero-order chi connectivity index (χ0) is 21.9. The molecule has 8 nitrogen and oxygen atoms in total.